The molecule has 10 nitrogen and oxygen atoms in total. The highest BCUT2D eigenvalue weighted by Crippen LogP contribution is 2.54. The molecule has 0 spiro atoms. The van der Waals surface area contributed by atoms with Crippen LogP contribution in [-0.2, 0) is 0 Å². The first-order valence-corrected chi connectivity index (χ1v) is 51.7. The molecule has 12 heterocycles. The SMILES string of the molecule is c1ccc(-c2cc(-c3ccccc3)nc(-c3ccc(-c4ccc5c(c4)c4c6sc7ccccc7c6sc4n5-c4ccccc4)cc3)n2)cc1.c1ccc(-c2cc(-c3ccccc3)nc(-c3ccc(-n4c5ccccc5c5c6sc7ccccc7c6sc54)cc3)n2)cc1.c1ccc(-c2nc(-c3ccccc3)nc(-c3ccc(-c4ccc5sc6c(sc7c6c6ccccc6n7-c6ccccc6)c5c4)cc3)n2)cc1. The highest BCUT2D eigenvalue weighted by molar-refractivity contribution is 7.38. The number of aromatic nitrogens is 10. The van der Waals surface area contributed by atoms with E-state index in [1.165, 1.54) is 144 Å². The molecule has 0 N–H and O–H groups in total. The molecular weight excluding hydrogens is 1830 g/mol. The smallest absolute Gasteiger partial charge is 0.164 e. The fourth-order valence-corrected chi connectivity index (χ4v) is 28.1. The summed E-state index contributed by atoms with van der Waals surface area (Å²) in [6.45, 7) is 0. The van der Waals surface area contributed by atoms with Crippen LogP contribution in [0, 0.1) is 0 Å². The summed E-state index contributed by atoms with van der Waals surface area (Å²) in [4.78, 5) is 38.7. The molecule has 0 amide bonds. The van der Waals surface area contributed by atoms with Gasteiger partial charge >= 0.3 is 0 Å². The van der Waals surface area contributed by atoms with Crippen LogP contribution in [0.2, 0.25) is 0 Å². The Morgan fingerprint density at radius 3 is 0.773 bits per heavy atom. The van der Waals surface area contributed by atoms with Crippen LogP contribution >= 0.6 is 68.0 Å². The summed E-state index contributed by atoms with van der Waals surface area (Å²) in [6.07, 6.45) is 0. The largest absolute Gasteiger partial charge is 0.301 e. The lowest BCUT2D eigenvalue weighted by atomic mass is 10.0. The molecule has 0 saturated heterocycles. The number of hydrogen-bond acceptors (Lipinski definition) is 13. The lowest BCUT2D eigenvalue weighted by Crippen LogP contribution is -2.00. The van der Waals surface area contributed by atoms with Gasteiger partial charge in [-0.15, -0.1) is 68.0 Å². The highest BCUT2D eigenvalue weighted by atomic mass is 32.1. The van der Waals surface area contributed by atoms with Crippen molar-refractivity contribution < 1.29 is 0 Å². The maximum Gasteiger partial charge on any atom is 0.164 e. The number of rotatable bonds is 14. The maximum absolute atomic E-state index is 5.04. The molecule has 0 aliphatic heterocycles. The van der Waals surface area contributed by atoms with Crippen LogP contribution in [0.4, 0.5) is 0 Å². The number of benzene rings is 17. The molecule has 16 heteroatoms. The Hall–Kier alpha value is -16.9. The average molecular weight is 1910 g/mol. The predicted octanol–water partition coefficient (Wildman–Crippen LogP) is 35.7. The molecule has 12 aromatic heterocycles. The standard InChI is InChI=1S/C44H27N3S2.C43H26N4S2.C38H23N3S2/c1-4-12-29(13-5-1)36-27-37(30-14-6-2-7-15-30)46-43(45-36)31-22-20-28(21-23-31)32-24-25-38-35(26-32)40-42-41(34-18-10-11-19-39(34)48-42)49-44(40)47(38)33-16-8-3-9-17-33;1-4-12-28(13-5-1)40-44-41(29-14-6-2-7-15-29)46-42(45-40)30-22-20-27(21-23-30)31-24-25-36-34(26-31)38-39(48-36)37-33-18-10-11-19-35(33)47(43(37)49-38)32-16-8-3-9-17-32;1-3-11-24(12-4-1)30-23-31(25-13-5-2-6-14-25)40-37(39-30)26-19-21-27(22-20-26)41-32-17-9-7-15-28(32)34-36-35(43-38(34)41)29-16-8-10-18-33(29)42-36/h1-27H;1-26H;1-23H. The zero-order valence-electron chi connectivity index (χ0n) is 75.3. The van der Waals surface area contributed by atoms with Crippen molar-refractivity contribution >= 4 is 190 Å². The van der Waals surface area contributed by atoms with E-state index in [2.05, 4.69) is 366 Å². The summed E-state index contributed by atoms with van der Waals surface area (Å²) in [5, 5.41) is 11.9. The van der Waals surface area contributed by atoms with Crippen LogP contribution in [0.5, 0.6) is 0 Å². The van der Waals surface area contributed by atoms with E-state index < -0.39 is 0 Å². The molecular formula is C125H76N10S6. The fourth-order valence-electron chi connectivity index (χ4n) is 19.6. The summed E-state index contributed by atoms with van der Waals surface area (Å²) < 4.78 is 19.5. The van der Waals surface area contributed by atoms with E-state index in [0.29, 0.717) is 23.3 Å². The number of fused-ring (bicyclic) bond motifs is 21. The summed E-state index contributed by atoms with van der Waals surface area (Å²) in [5.41, 5.74) is 24.7. The van der Waals surface area contributed by atoms with Gasteiger partial charge in [-0.2, -0.15) is 0 Å². The van der Waals surface area contributed by atoms with Crippen molar-refractivity contribution in [2.75, 3.05) is 0 Å². The van der Waals surface area contributed by atoms with Crippen LogP contribution in [0.1, 0.15) is 0 Å². The number of hydrogen-bond donors (Lipinski definition) is 0. The van der Waals surface area contributed by atoms with Gasteiger partial charge in [0, 0.05) is 130 Å². The van der Waals surface area contributed by atoms with Gasteiger partial charge in [-0.05, 0) is 131 Å². The molecule has 0 atom stereocenters. The third-order valence-corrected chi connectivity index (χ3v) is 34.0. The van der Waals surface area contributed by atoms with Crippen LogP contribution in [0.3, 0.4) is 0 Å². The lowest BCUT2D eigenvalue weighted by Gasteiger charge is -2.11. The molecule has 0 radical (unpaired) electrons. The Bertz CT molecular complexity index is 9650. The zero-order chi connectivity index (χ0) is 93.0. The molecule has 0 aliphatic rings. The minimum Gasteiger partial charge on any atom is -0.301 e. The van der Waals surface area contributed by atoms with Crippen molar-refractivity contribution in [3.8, 4) is 141 Å². The first kappa shape index (κ1) is 83.4. The minimum atomic E-state index is 0.658. The molecule has 141 heavy (non-hydrogen) atoms. The van der Waals surface area contributed by atoms with Crippen molar-refractivity contribution in [2.24, 2.45) is 0 Å². The quantitative estimate of drug-likeness (QED) is 0.107. The molecule has 0 fully saturated rings. The van der Waals surface area contributed by atoms with Crippen LogP contribution in [0.15, 0.2) is 461 Å². The zero-order valence-corrected chi connectivity index (χ0v) is 80.2. The minimum absolute atomic E-state index is 0.658. The number of para-hydroxylation sites is 4. The molecule has 0 aliphatic carbocycles. The molecule has 0 unspecified atom stereocenters. The van der Waals surface area contributed by atoms with E-state index in [1.54, 1.807) is 0 Å². The van der Waals surface area contributed by atoms with Gasteiger partial charge in [0.15, 0.2) is 29.1 Å². The van der Waals surface area contributed by atoms with E-state index in [-0.39, 0.29) is 0 Å². The Morgan fingerprint density at radius 2 is 0.397 bits per heavy atom. The van der Waals surface area contributed by atoms with Crippen molar-refractivity contribution in [2.45, 2.75) is 0 Å². The molecule has 0 bridgehead atoms. The second-order valence-corrected chi connectivity index (χ2v) is 41.1. The third-order valence-electron chi connectivity index (χ3n) is 26.4. The van der Waals surface area contributed by atoms with Gasteiger partial charge in [-0.3, -0.25) is 0 Å². The van der Waals surface area contributed by atoms with E-state index in [4.69, 9.17) is 34.9 Å². The number of thiophene rings is 6. The Morgan fingerprint density at radius 1 is 0.149 bits per heavy atom. The van der Waals surface area contributed by atoms with Gasteiger partial charge in [0.05, 0.1) is 67.5 Å². The van der Waals surface area contributed by atoms with Gasteiger partial charge in [-0.1, -0.05) is 352 Å². The maximum atomic E-state index is 5.04. The Labute approximate surface area is 833 Å². The van der Waals surface area contributed by atoms with Crippen LogP contribution in [-0.4, -0.2) is 48.6 Å². The summed E-state index contributed by atoms with van der Waals surface area (Å²) in [7, 11) is 0. The topological polar surface area (TPSA) is 105 Å². The molecule has 0 saturated carbocycles. The highest BCUT2D eigenvalue weighted by Gasteiger charge is 2.27. The van der Waals surface area contributed by atoms with Crippen molar-refractivity contribution in [1.29, 1.82) is 0 Å². The van der Waals surface area contributed by atoms with E-state index in [1.807, 2.05) is 177 Å². The van der Waals surface area contributed by atoms with E-state index in [0.717, 1.165) is 95.5 Å². The van der Waals surface area contributed by atoms with Crippen molar-refractivity contribution in [1.82, 2.24) is 48.6 Å². The molecule has 29 aromatic rings. The van der Waals surface area contributed by atoms with Crippen molar-refractivity contribution in [3.63, 3.8) is 0 Å². The molecule has 662 valence electrons. The number of nitrogens with zero attached hydrogens (tertiary/aromatic N) is 10. The van der Waals surface area contributed by atoms with Gasteiger partial charge in [0.25, 0.3) is 0 Å². The Balaban J connectivity index is 0.000000106. The van der Waals surface area contributed by atoms with E-state index in [9.17, 15) is 0 Å². The normalized spacial score (nSPS) is 11.7. The first-order valence-electron chi connectivity index (χ1n) is 46.8. The van der Waals surface area contributed by atoms with E-state index >= 15 is 0 Å². The second-order valence-electron chi connectivity index (χ2n) is 34.9. The van der Waals surface area contributed by atoms with Crippen molar-refractivity contribution in [3.05, 3.63) is 461 Å². The summed E-state index contributed by atoms with van der Waals surface area (Å²) >= 11 is 11.4. The van der Waals surface area contributed by atoms with Gasteiger partial charge in [0.2, 0.25) is 0 Å². The average Bonchev–Trinajstić information content (AvgIpc) is 1.55. The van der Waals surface area contributed by atoms with Gasteiger partial charge in [-0.25, -0.2) is 34.9 Å². The second kappa shape index (κ2) is 35.3. The lowest BCUT2D eigenvalue weighted by molar-refractivity contribution is 1.07. The predicted molar refractivity (Wildman–Crippen MR) is 599 cm³/mol. The Kier molecular flexibility index (Phi) is 20.9. The summed E-state index contributed by atoms with van der Waals surface area (Å²) in [5.74, 6) is 3.42. The molecule has 17 aromatic carbocycles. The van der Waals surface area contributed by atoms with Gasteiger partial charge < -0.3 is 13.7 Å². The van der Waals surface area contributed by atoms with Crippen LogP contribution in [0.25, 0.3) is 263 Å². The molecule has 29 rings (SSSR count). The first-order chi connectivity index (χ1) is 69.9. The summed E-state index contributed by atoms with van der Waals surface area (Å²) in [6, 6.07) is 162. The fraction of sp³-hybridized carbons (Fsp3) is 0. The van der Waals surface area contributed by atoms with Gasteiger partial charge in [0.1, 0.15) is 14.5 Å². The third kappa shape index (κ3) is 15.0. The van der Waals surface area contributed by atoms with Crippen LogP contribution < -0.4 is 0 Å². The monoisotopic (exact) mass is 1910 g/mol.